The smallest absolute Gasteiger partial charge is 0.155 e. The zero-order valence-corrected chi connectivity index (χ0v) is 10.7. The second-order valence-electron chi connectivity index (χ2n) is 4.94. The van der Waals surface area contributed by atoms with E-state index in [1.165, 1.54) is 0 Å². The Bertz CT molecular complexity index is 580. The highest BCUT2D eigenvalue weighted by atomic mass is 16.3. The van der Waals surface area contributed by atoms with Crippen LogP contribution in [0.25, 0.3) is 0 Å². The molecule has 1 unspecified atom stereocenters. The number of benzene rings is 1. The minimum Gasteiger partial charge on any atom is -0.508 e. The summed E-state index contributed by atoms with van der Waals surface area (Å²) >= 11 is 0. The fraction of sp³-hybridized carbons (Fsp3) is 0.429. The van der Waals surface area contributed by atoms with Crippen LogP contribution in [0.2, 0.25) is 0 Å². The van der Waals surface area contributed by atoms with Gasteiger partial charge in [-0.15, -0.1) is 0 Å². The first-order valence-corrected chi connectivity index (χ1v) is 6.59. The quantitative estimate of drug-likeness (QED) is 0.875. The summed E-state index contributed by atoms with van der Waals surface area (Å²) < 4.78 is 1.89. The van der Waals surface area contributed by atoms with E-state index in [1.54, 1.807) is 12.1 Å². The van der Waals surface area contributed by atoms with Crippen LogP contribution < -0.4 is 0 Å². The molecule has 5 heteroatoms. The van der Waals surface area contributed by atoms with Crippen molar-refractivity contribution in [1.82, 2.24) is 14.8 Å². The molecule has 1 atom stereocenters. The van der Waals surface area contributed by atoms with Gasteiger partial charge in [0.05, 0.1) is 6.61 Å². The van der Waals surface area contributed by atoms with Crippen molar-refractivity contribution in [3.63, 3.8) is 0 Å². The number of aryl methyl sites for hydroxylation is 1. The van der Waals surface area contributed by atoms with Crippen molar-refractivity contribution in [2.45, 2.75) is 31.7 Å². The lowest BCUT2D eigenvalue weighted by atomic mass is 10.0. The molecule has 0 radical (unpaired) electrons. The fourth-order valence-electron chi connectivity index (χ4n) is 2.56. The Hall–Kier alpha value is -1.88. The standard InChI is InChI=1S/C14H17N3O2/c18-9-11-5-3-7-17-14(11)15-13(16-17)8-10-4-1-2-6-12(10)19/h1-2,4,6,11,18-19H,3,5,7-9H2. The maximum absolute atomic E-state index is 9.77. The number of fused-ring (bicyclic) bond motifs is 1. The predicted octanol–water partition coefficient (Wildman–Crippen LogP) is 1.44. The summed E-state index contributed by atoms with van der Waals surface area (Å²) in [6.45, 7) is 0.980. The summed E-state index contributed by atoms with van der Waals surface area (Å²) in [5.74, 6) is 1.95. The SMILES string of the molecule is OCC1CCCn2nc(Cc3ccccc3O)nc21. The van der Waals surface area contributed by atoms with Crippen LogP contribution in [0.1, 0.15) is 36.0 Å². The summed E-state index contributed by atoms with van der Waals surface area (Å²) in [7, 11) is 0. The minimum atomic E-state index is 0.0966. The van der Waals surface area contributed by atoms with E-state index in [0.717, 1.165) is 30.8 Å². The largest absolute Gasteiger partial charge is 0.508 e. The van der Waals surface area contributed by atoms with Gasteiger partial charge in [-0.1, -0.05) is 18.2 Å². The first kappa shape index (κ1) is 12.2. The van der Waals surface area contributed by atoms with Gasteiger partial charge in [-0.3, -0.25) is 0 Å². The van der Waals surface area contributed by atoms with Crippen LogP contribution in [0.4, 0.5) is 0 Å². The van der Waals surface area contributed by atoms with Crippen LogP contribution in [0.3, 0.4) is 0 Å². The lowest BCUT2D eigenvalue weighted by Gasteiger charge is -2.19. The van der Waals surface area contributed by atoms with E-state index in [9.17, 15) is 10.2 Å². The van der Waals surface area contributed by atoms with Crippen molar-refractivity contribution < 1.29 is 10.2 Å². The zero-order valence-electron chi connectivity index (χ0n) is 10.7. The molecule has 19 heavy (non-hydrogen) atoms. The lowest BCUT2D eigenvalue weighted by molar-refractivity contribution is 0.234. The molecule has 1 aromatic heterocycles. The van der Waals surface area contributed by atoms with Gasteiger partial charge in [0.15, 0.2) is 5.82 Å². The van der Waals surface area contributed by atoms with Crippen molar-refractivity contribution >= 4 is 0 Å². The highest BCUT2D eigenvalue weighted by molar-refractivity contribution is 5.33. The summed E-state index contributed by atoms with van der Waals surface area (Å²) in [6.07, 6.45) is 2.51. The monoisotopic (exact) mass is 259 g/mol. The summed E-state index contributed by atoms with van der Waals surface area (Å²) in [4.78, 5) is 4.52. The van der Waals surface area contributed by atoms with E-state index >= 15 is 0 Å². The van der Waals surface area contributed by atoms with Gasteiger partial charge < -0.3 is 10.2 Å². The predicted molar refractivity (Wildman–Crippen MR) is 70.0 cm³/mol. The Balaban J connectivity index is 1.87. The topological polar surface area (TPSA) is 71.2 Å². The molecule has 3 rings (SSSR count). The van der Waals surface area contributed by atoms with E-state index < -0.39 is 0 Å². The Labute approximate surface area is 111 Å². The number of aromatic hydroxyl groups is 1. The van der Waals surface area contributed by atoms with Crippen LogP contribution >= 0.6 is 0 Å². The molecule has 100 valence electrons. The first-order chi connectivity index (χ1) is 9.28. The number of nitrogens with zero attached hydrogens (tertiary/aromatic N) is 3. The summed E-state index contributed by atoms with van der Waals surface area (Å²) in [6, 6.07) is 7.23. The Morgan fingerprint density at radius 1 is 1.32 bits per heavy atom. The zero-order chi connectivity index (χ0) is 13.2. The average Bonchev–Trinajstić information content (AvgIpc) is 2.83. The van der Waals surface area contributed by atoms with Crippen LogP contribution in [0.15, 0.2) is 24.3 Å². The van der Waals surface area contributed by atoms with E-state index in [1.807, 2.05) is 16.8 Å². The van der Waals surface area contributed by atoms with E-state index in [2.05, 4.69) is 10.1 Å². The Morgan fingerprint density at radius 2 is 2.16 bits per heavy atom. The molecule has 0 saturated carbocycles. The molecule has 1 aromatic carbocycles. The Kier molecular flexibility index (Phi) is 3.21. The third-order valence-electron chi connectivity index (χ3n) is 3.59. The molecule has 0 aliphatic carbocycles. The number of phenolic OH excluding ortho intramolecular Hbond substituents is 1. The summed E-state index contributed by atoms with van der Waals surface area (Å²) in [5, 5.41) is 23.6. The maximum Gasteiger partial charge on any atom is 0.155 e. The molecule has 0 fully saturated rings. The number of aliphatic hydroxyl groups is 1. The number of aromatic nitrogens is 3. The van der Waals surface area contributed by atoms with Crippen LogP contribution in [0, 0.1) is 0 Å². The molecule has 0 amide bonds. The highest BCUT2D eigenvalue weighted by Gasteiger charge is 2.23. The molecule has 2 aromatic rings. The van der Waals surface area contributed by atoms with Gasteiger partial charge in [0, 0.05) is 24.4 Å². The second-order valence-corrected chi connectivity index (χ2v) is 4.94. The highest BCUT2D eigenvalue weighted by Crippen LogP contribution is 2.26. The summed E-state index contributed by atoms with van der Waals surface area (Å²) in [5.41, 5.74) is 0.825. The van der Waals surface area contributed by atoms with Gasteiger partial charge >= 0.3 is 0 Å². The molecule has 1 aliphatic rings. The van der Waals surface area contributed by atoms with Gasteiger partial charge in [-0.2, -0.15) is 5.10 Å². The van der Waals surface area contributed by atoms with Gasteiger partial charge in [-0.05, 0) is 18.9 Å². The Morgan fingerprint density at radius 3 is 2.95 bits per heavy atom. The molecule has 0 bridgehead atoms. The third kappa shape index (κ3) is 2.33. The van der Waals surface area contributed by atoms with Crippen molar-refractivity contribution in [3.8, 4) is 5.75 Å². The van der Waals surface area contributed by atoms with Crippen molar-refractivity contribution in [2.24, 2.45) is 0 Å². The molecule has 2 N–H and O–H groups in total. The van der Waals surface area contributed by atoms with Crippen molar-refractivity contribution in [3.05, 3.63) is 41.5 Å². The average molecular weight is 259 g/mol. The van der Waals surface area contributed by atoms with Crippen molar-refractivity contribution in [2.75, 3.05) is 6.61 Å². The number of hydrogen-bond acceptors (Lipinski definition) is 4. The van der Waals surface area contributed by atoms with Gasteiger partial charge in [0.2, 0.25) is 0 Å². The van der Waals surface area contributed by atoms with E-state index in [-0.39, 0.29) is 18.3 Å². The van der Waals surface area contributed by atoms with E-state index in [4.69, 9.17) is 0 Å². The van der Waals surface area contributed by atoms with Gasteiger partial charge in [0.1, 0.15) is 11.6 Å². The lowest BCUT2D eigenvalue weighted by Crippen LogP contribution is -2.19. The number of para-hydroxylation sites is 1. The second kappa shape index (κ2) is 5.01. The molecular formula is C14H17N3O2. The van der Waals surface area contributed by atoms with Crippen LogP contribution in [0.5, 0.6) is 5.75 Å². The maximum atomic E-state index is 9.77. The molecule has 0 saturated heterocycles. The molecule has 0 spiro atoms. The molecule has 2 heterocycles. The van der Waals surface area contributed by atoms with E-state index in [0.29, 0.717) is 12.2 Å². The number of rotatable bonds is 3. The molecular weight excluding hydrogens is 242 g/mol. The van der Waals surface area contributed by atoms with Crippen LogP contribution in [-0.4, -0.2) is 31.6 Å². The number of hydrogen-bond donors (Lipinski definition) is 2. The van der Waals surface area contributed by atoms with Crippen LogP contribution in [-0.2, 0) is 13.0 Å². The number of phenols is 1. The first-order valence-electron chi connectivity index (χ1n) is 6.59. The normalized spacial score (nSPS) is 18.3. The third-order valence-corrected chi connectivity index (χ3v) is 3.59. The van der Waals surface area contributed by atoms with Crippen molar-refractivity contribution in [1.29, 1.82) is 0 Å². The fourth-order valence-corrected chi connectivity index (χ4v) is 2.56. The minimum absolute atomic E-state index is 0.0966. The van der Waals surface area contributed by atoms with Gasteiger partial charge in [0.25, 0.3) is 0 Å². The molecule has 1 aliphatic heterocycles. The molecule has 5 nitrogen and oxygen atoms in total. The van der Waals surface area contributed by atoms with Gasteiger partial charge in [-0.25, -0.2) is 9.67 Å². The number of aliphatic hydroxyl groups excluding tert-OH is 1.